The normalized spacial score (nSPS) is 14.0. The summed E-state index contributed by atoms with van der Waals surface area (Å²) in [7, 11) is 0. The molecular weight excluding hydrogens is 164 g/mol. The second kappa shape index (κ2) is 4.40. The van der Waals surface area contributed by atoms with Crippen LogP contribution < -0.4 is 5.43 Å². The third-order valence-corrected chi connectivity index (χ3v) is 1.92. The van der Waals surface area contributed by atoms with Crippen LogP contribution in [-0.4, -0.2) is 18.5 Å². The molecule has 0 aliphatic heterocycles. The van der Waals surface area contributed by atoms with Crippen LogP contribution in [0.1, 0.15) is 34.6 Å². The zero-order chi connectivity index (χ0) is 10.6. The summed E-state index contributed by atoms with van der Waals surface area (Å²) in [4.78, 5) is 11.8. The largest absolute Gasteiger partial charge is 0.300 e. The van der Waals surface area contributed by atoms with Gasteiger partial charge in [0.05, 0.1) is 0 Å². The van der Waals surface area contributed by atoms with Gasteiger partial charge >= 0.3 is 0 Å². The molecule has 76 valence electrons. The lowest BCUT2D eigenvalue weighted by molar-refractivity contribution is -0.129. The number of nitrogens with one attached hydrogen (secondary N) is 1. The number of Topliss-reactive ketones (excluding diaryl/α,β-unsaturated/α-hetero) is 1. The lowest BCUT2D eigenvalue weighted by atomic mass is 9.83. The van der Waals surface area contributed by atoms with E-state index in [4.69, 9.17) is 0 Å². The van der Waals surface area contributed by atoms with Gasteiger partial charge in [0.15, 0.2) is 5.78 Å². The van der Waals surface area contributed by atoms with Gasteiger partial charge in [0.1, 0.15) is 6.04 Å². The molecular formula is C10H20N2O. The Kier molecular flexibility index (Phi) is 4.11. The van der Waals surface area contributed by atoms with Gasteiger partial charge in [-0.25, -0.2) is 0 Å². The number of rotatable bonds is 4. The van der Waals surface area contributed by atoms with Gasteiger partial charge in [0.25, 0.3) is 0 Å². The summed E-state index contributed by atoms with van der Waals surface area (Å²) in [6, 6.07) is -0.225. The number of ketones is 1. The van der Waals surface area contributed by atoms with Crippen molar-refractivity contribution < 1.29 is 4.79 Å². The highest BCUT2D eigenvalue weighted by molar-refractivity contribution is 5.88. The number of hydrazone groups is 1. The Labute approximate surface area is 80.6 Å². The minimum atomic E-state index is -0.327. The molecule has 0 fully saturated rings. The third kappa shape index (κ3) is 3.57. The van der Waals surface area contributed by atoms with Crippen molar-refractivity contribution >= 4 is 12.5 Å². The highest BCUT2D eigenvalue weighted by atomic mass is 16.1. The first-order chi connectivity index (χ1) is 5.80. The zero-order valence-corrected chi connectivity index (χ0v) is 9.22. The van der Waals surface area contributed by atoms with Crippen LogP contribution in [0.3, 0.4) is 0 Å². The molecule has 1 N–H and O–H groups in total. The fourth-order valence-electron chi connectivity index (χ4n) is 1.08. The summed E-state index contributed by atoms with van der Waals surface area (Å²) in [5.74, 6) is 0.409. The van der Waals surface area contributed by atoms with Crippen molar-refractivity contribution in [1.29, 1.82) is 0 Å². The molecule has 1 atom stereocenters. The fraction of sp³-hybridized carbons (Fsp3) is 0.800. The molecule has 3 heteroatoms. The highest BCUT2D eigenvalue weighted by Crippen LogP contribution is 2.20. The van der Waals surface area contributed by atoms with E-state index >= 15 is 0 Å². The highest BCUT2D eigenvalue weighted by Gasteiger charge is 2.31. The molecule has 0 heterocycles. The van der Waals surface area contributed by atoms with Gasteiger partial charge in [-0.2, -0.15) is 5.10 Å². The van der Waals surface area contributed by atoms with Crippen molar-refractivity contribution in [2.75, 3.05) is 0 Å². The van der Waals surface area contributed by atoms with Crippen molar-refractivity contribution in [1.82, 2.24) is 5.43 Å². The molecule has 13 heavy (non-hydrogen) atoms. The maximum absolute atomic E-state index is 11.8. The van der Waals surface area contributed by atoms with E-state index in [1.807, 2.05) is 34.6 Å². The van der Waals surface area contributed by atoms with Crippen LogP contribution in [0.2, 0.25) is 0 Å². The summed E-state index contributed by atoms with van der Waals surface area (Å²) in [6.45, 7) is 13.1. The van der Waals surface area contributed by atoms with Gasteiger partial charge in [0, 0.05) is 12.1 Å². The predicted molar refractivity (Wildman–Crippen MR) is 55.8 cm³/mol. The maximum Gasteiger partial charge on any atom is 0.162 e. The van der Waals surface area contributed by atoms with Crippen molar-refractivity contribution in [2.45, 2.75) is 40.7 Å². The molecule has 0 aromatic carbocycles. The standard InChI is InChI=1S/C10H20N2O/c1-7(2)8(12-11-6)9(13)10(3,4)5/h7-8,12H,6H2,1-5H3/t8-/m0/s1. The molecule has 0 bridgehead atoms. The van der Waals surface area contributed by atoms with E-state index in [0.717, 1.165) is 0 Å². The SMILES string of the molecule is C=NN[C@H](C(=O)C(C)(C)C)C(C)C. The smallest absolute Gasteiger partial charge is 0.162 e. The molecule has 0 spiro atoms. The average Bonchev–Trinajstić information content (AvgIpc) is 1.96. The fourth-order valence-corrected chi connectivity index (χ4v) is 1.08. The molecule has 0 rings (SSSR count). The minimum Gasteiger partial charge on any atom is -0.300 e. The van der Waals surface area contributed by atoms with Gasteiger partial charge in [-0.1, -0.05) is 34.6 Å². The van der Waals surface area contributed by atoms with Crippen LogP contribution in [0.4, 0.5) is 0 Å². The van der Waals surface area contributed by atoms with Crippen molar-refractivity contribution in [3.05, 3.63) is 0 Å². The predicted octanol–water partition coefficient (Wildman–Crippen LogP) is 1.83. The number of nitrogens with zero attached hydrogens (tertiary/aromatic N) is 1. The Hall–Kier alpha value is -0.860. The molecule has 0 aromatic heterocycles. The average molecular weight is 184 g/mol. The molecule has 0 aliphatic carbocycles. The van der Waals surface area contributed by atoms with Crippen molar-refractivity contribution in [3.8, 4) is 0 Å². The second-order valence-corrected chi connectivity index (χ2v) is 4.62. The molecule has 0 aromatic rings. The van der Waals surface area contributed by atoms with Crippen LogP contribution in [0, 0.1) is 11.3 Å². The quantitative estimate of drug-likeness (QED) is 0.535. The van der Waals surface area contributed by atoms with Crippen LogP contribution in [0.5, 0.6) is 0 Å². The summed E-state index contributed by atoms with van der Waals surface area (Å²) < 4.78 is 0. The van der Waals surface area contributed by atoms with Gasteiger partial charge in [-0.15, -0.1) is 0 Å². The van der Waals surface area contributed by atoms with Crippen LogP contribution >= 0.6 is 0 Å². The molecule has 0 radical (unpaired) electrons. The van der Waals surface area contributed by atoms with E-state index in [1.54, 1.807) is 0 Å². The Bertz CT molecular complexity index is 192. The van der Waals surface area contributed by atoms with Gasteiger partial charge in [-0.3, -0.25) is 10.2 Å². The van der Waals surface area contributed by atoms with Crippen LogP contribution in [0.15, 0.2) is 5.10 Å². The summed E-state index contributed by atoms with van der Waals surface area (Å²) >= 11 is 0. The van der Waals surface area contributed by atoms with E-state index in [9.17, 15) is 4.79 Å². The van der Waals surface area contributed by atoms with E-state index in [1.165, 1.54) is 0 Å². The first-order valence-corrected chi connectivity index (χ1v) is 4.56. The molecule has 0 unspecified atom stereocenters. The van der Waals surface area contributed by atoms with Crippen molar-refractivity contribution in [3.63, 3.8) is 0 Å². The lowest BCUT2D eigenvalue weighted by Gasteiger charge is -2.26. The van der Waals surface area contributed by atoms with Gasteiger partial charge < -0.3 is 0 Å². The van der Waals surface area contributed by atoms with E-state index in [0.29, 0.717) is 0 Å². The topological polar surface area (TPSA) is 41.5 Å². The monoisotopic (exact) mass is 184 g/mol. The van der Waals surface area contributed by atoms with Crippen molar-refractivity contribution in [2.24, 2.45) is 16.4 Å². The molecule has 0 saturated carbocycles. The molecule has 0 aliphatic rings. The Morgan fingerprint density at radius 2 is 1.85 bits per heavy atom. The number of hydrogen-bond acceptors (Lipinski definition) is 3. The number of carbonyl (C=O) groups is 1. The summed E-state index contributed by atoms with van der Waals surface area (Å²) in [6.07, 6.45) is 0. The molecule has 0 amide bonds. The summed E-state index contributed by atoms with van der Waals surface area (Å²) in [5, 5.41) is 3.57. The van der Waals surface area contributed by atoms with E-state index in [-0.39, 0.29) is 23.2 Å². The van der Waals surface area contributed by atoms with E-state index < -0.39 is 0 Å². The van der Waals surface area contributed by atoms with Crippen LogP contribution in [-0.2, 0) is 4.79 Å². The van der Waals surface area contributed by atoms with Gasteiger partial charge in [-0.05, 0) is 5.92 Å². The second-order valence-electron chi connectivity index (χ2n) is 4.62. The Balaban J connectivity index is 4.56. The third-order valence-electron chi connectivity index (χ3n) is 1.92. The number of carbonyl (C=O) groups excluding carboxylic acids is 1. The lowest BCUT2D eigenvalue weighted by Crippen LogP contribution is -2.44. The first kappa shape index (κ1) is 12.1. The Morgan fingerprint density at radius 3 is 2.08 bits per heavy atom. The van der Waals surface area contributed by atoms with E-state index in [2.05, 4.69) is 17.2 Å². The number of hydrogen-bond donors (Lipinski definition) is 1. The van der Waals surface area contributed by atoms with Gasteiger partial charge in [0.2, 0.25) is 0 Å². The Morgan fingerprint density at radius 1 is 1.38 bits per heavy atom. The maximum atomic E-state index is 11.8. The summed E-state index contributed by atoms with van der Waals surface area (Å²) in [5.41, 5.74) is 2.43. The molecule has 0 saturated heterocycles. The van der Waals surface area contributed by atoms with Crippen LogP contribution in [0.25, 0.3) is 0 Å². The molecule has 3 nitrogen and oxygen atoms in total. The first-order valence-electron chi connectivity index (χ1n) is 4.56. The zero-order valence-electron chi connectivity index (χ0n) is 9.22. The minimum absolute atomic E-state index is 0.176.